The van der Waals surface area contributed by atoms with Gasteiger partial charge in [0.15, 0.2) is 0 Å². The Morgan fingerprint density at radius 3 is 3.09 bits per heavy atom. The van der Waals surface area contributed by atoms with Crippen molar-refractivity contribution in [3.8, 4) is 0 Å². The maximum absolute atomic E-state index is 3.88. The monoisotopic (exact) mass is 148 g/mol. The van der Waals surface area contributed by atoms with Gasteiger partial charge in [-0.05, 0) is 11.3 Å². The fraction of sp³-hybridized carbons (Fsp3) is 0.222. The first-order valence-corrected chi connectivity index (χ1v) is 3.57. The Morgan fingerprint density at radius 1 is 1.73 bits per heavy atom. The van der Waals surface area contributed by atoms with Crippen molar-refractivity contribution in [2.75, 3.05) is 7.05 Å². The number of nitrogens with zero attached hydrogens (tertiary/aromatic N) is 1. The van der Waals surface area contributed by atoms with Crippen molar-refractivity contribution in [2.45, 2.75) is 6.42 Å². The summed E-state index contributed by atoms with van der Waals surface area (Å²) in [6.45, 7) is 3.83. The van der Waals surface area contributed by atoms with Gasteiger partial charge in [0.1, 0.15) is 0 Å². The molecule has 0 unspecified atom stereocenters. The summed E-state index contributed by atoms with van der Waals surface area (Å²) in [6, 6.07) is 2.01. The fourth-order valence-corrected chi connectivity index (χ4v) is 0.892. The summed E-state index contributed by atoms with van der Waals surface area (Å²) in [6.07, 6.45) is 6.71. The Hall–Kier alpha value is -1.31. The third-order valence-corrected chi connectivity index (χ3v) is 1.49. The summed E-state index contributed by atoms with van der Waals surface area (Å²) < 4.78 is 0. The van der Waals surface area contributed by atoms with Crippen molar-refractivity contribution in [1.29, 1.82) is 0 Å². The first-order chi connectivity index (χ1) is 5.34. The largest absolute Gasteiger partial charge is 0.362 e. The van der Waals surface area contributed by atoms with E-state index in [1.807, 2.05) is 18.5 Å². The molecule has 0 aliphatic heterocycles. The van der Waals surface area contributed by atoms with Crippen molar-refractivity contribution in [2.24, 2.45) is 4.99 Å². The number of aromatic nitrogens is 1. The van der Waals surface area contributed by atoms with Gasteiger partial charge >= 0.3 is 0 Å². The van der Waals surface area contributed by atoms with Gasteiger partial charge in [0.05, 0.1) is 0 Å². The lowest BCUT2D eigenvalue weighted by molar-refractivity contribution is 1.32. The first kappa shape index (κ1) is 7.79. The smallest absolute Gasteiger partial charge is 0.0377 e. The number of hydrogen-bond donors (Lipinski definition) is 1. The number of aromatic amines is 1. The van der Waals surface area contributed by atoms with E-state index in [4.69, 9.17) is 0 Å². The minimum absolute atomic E-state index is 0.872. The number of H-pyrrole nitrogens is 1. The van der Waals surface area contributed by atoms with Gasteiger partial charge in [0.2, 0.25) is 0 Å². The average Bonchev–Trinajstić information content (AvgIpc) is 2.37. The van der Waals surface area contributed by atoms with Crippen LogP contribution >= 0.6 is 0 Å². The average molecular weight is 148 g/mol. The highest BCUT2D eigenvalue weighted by Gasteiger charge is 1.79. The highest BCUT2D eigenvalue weighted by atomic mass is 14.6. The Balaban J connectivity index is 2.83. The molecular formula is C9H12N2. The summed E-state index contributed by atoms with van der Waals surface area (Å²) >= 11 is 0. The third-order valence-electron chi connectivity index (χ3n) is 1.49. The molecule has 0 spiro atoms. The van der Waals surface area contributed by atoms with Crippen LogP contribution in [-0.2, 0) is 0 Å². The molecule has 0 atom stereocenters. The molecular weight excluding hydrogens is 136 g/mol. The van der Waals surface area contributed by atoms with Crippen LogP contribution < -0.4 is 10.6 Å². The lowest BCUT2D eigenvalue weighted by Gasteiger charge is -1.77. The van der Waals surface area contributed by atoms with Gasteiger partial charge in [-0.25, -0.2) is 0 Å². The van der Waals surface area contributed by atoms with Gasteiger partial charge in [0, 0.05) is 31.2 Å². The molecule has 1 rings (SSSR count). The Morgan fingerprint density at radius 2 is 2.55 bits per heavy atom. The summed E-state index contributed by atoms with van der Waals surface area (Å²) in [4.78, 5) is 6.89. The van der Waals surface area contributed by atoms with Gasteiger partial charge in [-0.1, -0.05) is 12.7 Å². The summed E-state index contributed by atoms with van der Waals surface area (Å²) in [7, 11) is 1.77. The fourth-order valence-electron chi connectivity index (χ4n) is 0.892. The molecule has 0 saturated heterocycles. The Kier molecular flexibility index (Phi) is 2.66. The second-order valence-corrected chi connectivity index (χ2v) is 2.29. The van der Waals surface area contributed by atoms with Gasteiger partial charge in [-0.15, -0.1) is 0 Å². The predicted octanol–water partition coefficient (Wildman–Crippen LogP) is 0.296. The van der Waals surface area contributed by atoms with Crippen LogP contribution in [-0.4, -0.2) is 18.2 Å². The summed E-state index contributed by atoms with van der Waals surface area (Å²) in [5, 5.41) is 2.12. The topological polar surface area (TPSA) is 28.1 Å². The van der Waals surface area contributed by atoms with Gasteiger partial charge in [0.25, 0.3) is 0 Å². The zero-order valence-corrected chi connectivity index (χ0v) is 6.67. The van der Waals surface area contributed by atoms with E-state index in [0.717, 1.165) is 17.0 Å². The molecule has 58 valence electrons. The Labute approximate surface area is 66.0 Å². The van der Waals surface area contributed by atoms with Crippen LogP contribution in [0.5, 0.6) is 0 Å². The maximum atomic E-state index is 3.88. The third kappa shape index (κ3) is 2.08. The van der Waals surface area contributed by atoms with Crippen molar-refractivity contribution in [3.63, 3.8) is 0 Å². The molecule has 1 aromatic heterocycles. The summed E-state index contributed by atoms with van der Waals surface area (Å²) in [5.74, 6) is 0. The number of aliphatic imine (C=N–C) groups is 1. The van der Waals surface area contributed by atoms with Crippen LogP contribution in [0.4, 0.5) is 0 Å². The van der Waals surface area contributed by atoms with Crippen molar-refractivity contribution in [1.82, 2.24) is 4.98 Å². The van der Waals surface area contributed by atoms with Crippen LogP contribution in [0.15, 0.2) is 17.3 Å². The van der Waals surface area contributed by atoms with Gasteiger partial charge < -0.3 is 9.98 Å². The molecule has 0 radical (unpaired) electrons. The SMILES string of the molecule is C=c1[nH]ccc1=CCC=NC. The molecule has 0 amide bonds. The lowest BCUT2D eigenvalue weighted by Crippen LogP contribution is -2.19. The zero-order valence-electron chi connectivity index (χ0n) is 6.67. The second kappa shape index (κ2) is 3.76. The zero-order chi connectivity index (χ0) is 8.10. The minimum Gasteiger partial charge on any atom is -0.362 e. The number of nitrogens with one attached hydrogen (secondary N) is 1. The molecule has 0 aliphatic rings. The van der Waals surface area contributed by atoms with Crippen LogP contribution in [0.3, 0.4) is 0 Å². The van der Waals surface area contributed by atoms with E-state index < -0.39 is 0 Å². The van der Waals surface area contributed by atoms with Crippen molar-refractivity contribution < 1.29 is 0 Å². The number of hydrogen-bond acceptors (Lipinski definition) is 1. The van der Waals surface area contributed by atoms with Crippen LogP contribution in [0.1, 0.15) is 6.42 Å². The first-order valence-electron chi connectivity index (χ1n) is 3.57. The molecule has 0 aromatic carbocycles. The molecule has 0 fully saturated rings. The normalized spacial score (nSPS) is 13.0. The van der Waals surface area contributed by atoms with E-state index >= 15 is 0 Å². The molecule has 1 heterocycles. The van der Waals surface area contributed by atoms with E-state index in [2.05, 4.69) is 22.6 Å². The minimum atomic E-state index is 0.872. The van der Waals surface area contributed by atoms with E-state index in [1.54, 1.807) is 7.05 Å². The molecule has 0 saturated carbocycles. The van der Waals surface area contributed by atoms with Crippen molar-refractivity contribution >= 4 is 18.9 Å². The Bertz CT molecular complexity index is 333. The maximum Gasteiger partial charge on any atom is 0.0377 e. The quantitative estimate of drug-likeness (QED) is 0.584. The molecule has 2 heteroatoms. The van der Waals surface area contributed by atoms with Crippen LogP contribution in [0, 0.1) is 0 Å². The highest BCUT2D eigenvalue weighted by Crippen LogP contribution is 1.73. The highest BCUT2D eigenvalue weighted by molar-refractivity contribution is 5.64. The molecule has 11 heavy (non-hydrogen) atoms. The molecule has 0 bridgehead atoms. The van der Waals surface area contributed by atoms with E-state index in [-0.39, 0.29) is 0 Å². The molecule has 2 nitrogen and oxygen atoms in total. The van der Waals surface area contributed by atoms with Gasteiger partial charge in [-0.3, -0.25) is 0 Å². The van der Waals surface area contributed by atoms with E-state index in [1.165, 1.54) is 0 Å². The molecule has 1 N–H and O–H groups in total. The predicted molar refractivity (Wildman–Crippen MR) is 49.1 cm³/mol. The molecule has 1 aromatic rings. The number of rotatable bonds is 2. The lowest BCUT2D eigenvalue weighted by atomic mass is 10.3. The molecule has 0 aliphatic carbocycles. The van der Waals surface area contributed by atoms with E-state index in [9.17, 15) is 0 Å². The van der Waals surface area contributed by atoms with Gasteiger partial charge in [-0.2, -0.15) is 0 Å². The van der Waals surface area contributed by atoms with Crippen LogP contribution in [0.2, 0.25) is 0 Å². The van der Waals surface area contributed by atoms with Crippen LogP contribution in [0.25, 0.3) is 12.7 Å². The summed E-state index contributed by atoms with van der Waals surface area (Å²) in [5.41, 5.74) is 0. The van der Waals surface area contributed by atoms with E-state index in [0.29, 0.717) is 0 Å². The second-order valence-electron chi connectivity index (χ2n) is 2.29. The van der Waals surface area contributed by atoms with Crippen molar-refractivity contribution in [3.05, 3.63) is 22.8 Å². The standard InChI is InChI=1S/C9H12N2/c1-8-9(5-7-11-8)4-3-6-10-2/h4-7,11H,1,3H2,2H3.